The van der Waals surface area contributed by atoms with Crippen molar-refractivity contribution < 1.29 is 15.0 Å². The Kier molecular flexibility index (Phi) is 6.85. The molecule has 150 valence electrons. The molecule has 3 aromatic rings. The molecule has 2 aromatic carbocycles. The molecule has 5 heteroatoms. The summed E-state index contributed by atoms with van der Waals surface area (Å²) >= 11 is 0. The predicted octanol–water partition coefficient (Wildman–Crippen LogP) is 4.69. The van der Waals surface area contributed by atoms with E-state index >= 15 is 0 Å². The quantitative estimate of drug-likeness (QED) is 0.520. The first kappa shape index (κ1) is 20.4. The molecule has 3 rings (SSSR count). The van der Waals surface area contributed by atoms with Gasteiger partial charge in [0.25, 0.3) is 0 Å². The lowest BCUT2D eigenvalue weighted by molar-refractivity contribution is -0.132. The van der Waals surface area contributed by atoms with Crippen LogP contribution in [0, 0.1) is 0 Å². The third-order valence-electron chi connectivity index (χ3n) is 4.88. The van der Waals surface area contributed by atoms with Crippen molar-refractivity contribution in [2.24, 2.45) is 0 Å². The van der Waals surface area contributed by atoms with Gasteiger partial charge in [0.15, 0.2) is 0 Å². The number of hydrogen-bond acceptors (Lipinski definition) is 3. The lowest BCUT2D eigenvalue weighted by atomic mass is 10.0. The first-order valence-corrected chi connectivity index (χ1v) is 9.87. The molecule has 0 aliphatic rings. The summed E-state index contributed by atoms with van der Waals surface area (Å²) in [6, 6.07) is 16.8. The maximum Gasteiger partial charge on any atom is 0.331 e. The Balaban J connectivity index is 1.98. The number of phenolic OH excluding ortho intramolecular Hbond substituents is 1. The molecule has 0 saturated heterocycles. The van der Waals surface area contributed by atoms with Crippen LogP contribution in [0.2, 0.25) is 0 Å². The van der Waals surface area contributed by atoms with Crippen LogP contribution in [0.15, 0.2) is 66.4 Å². The zero-order valence-electron chi connectivity index (χ0n) is 16.6. The van der Waals surface area contributed by atoms with Crippen molar-refractivity contribution in [1.82, 2.24) is 9.55 Å². The van der Waals surface area contributed by atoms with Gasteiger partial charge in [-0.2, -0.15) is 0 Å². The first-order chi connectivity index (χ1) is 14.1. The van der Waals surface area contributed by atoms with Crippen LogP contribution in [0.3, 0.4) is 0 Å². The fourth-order valence-electron chi connectivity index (χ4n) is 3.26. The molecule has 0 aliphatic heterocycles. The number of aryl methyl sites for hydroxylation is 1. The molecule has 1 heterocycles. The Morgan fingerprint density at radius 2 is 1.83 bits per heavy atom. The van der Waals surface area contributed by atoms with Gasteiger partial charge in [-0.1, -0.05) is 61.9 Å². The second-order valence-corrected chi connectivity index (χ2v) is 7.05. The van der Waals surface area contributed by atoms with Crippen LogP contribution in [-0.4, -0.2) is 25.7 Å². The van der Waals surface area contributed by atoms with E-state index in [1.807, 2.05) is 47.0 Å². The van der Waals surface area contributed by atoms with Crippen LogP contribution in [0.1, 0.15) is 42.4 Å². The highest BCUT2D eigenvalue weighted by Gasteiger charge is 2.14. The van der Waals surface area contributed by atoms with Gasteiger partial charge in [-0.05, 0) is 24.1 Å². The number of aliphatic carboxylic acids is 1. The third-order valence-corrected chi connectivity index (χ3v) is 4.88. The average Bonchev–Trinajstić information content (AvgIpc) is 3.09. The van der Waals surface area contributed by atoms with E-state index in [-0.39, 0.29) is 5.75 Å². The Hall–Kier alpha value is -3.34. The fraction of sp³-hybridized carbons (Fsp3) is 0.250. The van der Waals surface area contributed by atoms with E-state index in [0.717, 1.165) is 41.9 Å². The number of benzene rings is 2. The van der Waals surface area contributed by atoms with Crippen molar-refractivity contribution in [2.45, 2.75) is 39.2 Å². The third kappa shape index (κ3) is 5.35. The SMILES string of the molecule is CCCCc1ncc(C=C(Cc2ccccc2)C(=O)O)n1Cc1ccccc1O. The molecule has 2 N–H and O–H groups in total. The summed E-state index contributed by atoms with van der Waals surface area (Å²) in [7, 11) is 0. The number of carboxylic acid groups (broad SMARTS) is 1. The van der Waals surface area contributed by atoms with Gasteiger partial charge in [0.1, 0.15) is 11.6 Å². The molecule has 0 atom stereocenters. The number of para-hydroxylation sites is 1. The summed E-state index contributed by atoms with van der Waals surface area (Å²) in [6.45, 7) is 2.56. The van der Waals surface area contributed by atoms with E-state index in [1.54, 1.807) is 24.4 Å². The van der Waals surface area contributed by atoms with Gasteiger partial charge in [-0.25, -0.2) is 9.78 Å². The molecular formula is C24H26N2O3. The molecular weight excluding hydrogens is 364 g/mol. The summed E-state index contributed by atoms with van der Waals surface area (Å²) in [5.41, 5.74) is 2.75. The highest BCUT2D eigenvalue weighted by Crippen LogP contribution is 2.22. The van der Waals surface area contributed by atoms with Crippen LogP contribution in [0.4, 0.5) is 0 Å². The van der Waals surface area contributed by atoms with E-state index in [1.165, 1.54) is 0 Å². The Morgan fingerprint density at radius 3 is 2.52 bits per heavy atom. The highest BCUT2D eigenvalue weighted by molar-refractivity contribution is 5.92. The maximum atomic E-state index is 11.9. The zero-order chi connectivity index (χ0) is 20.6. The van der Waals surface area contributed by atoms with E-state index in [0.29, 0.717) is 18.5 Å². The number of carboxylic acids is 1. The maximum absolute atomic E-state index is 11.9. The Bertz CT molecular complexity index is 990. The first-order valence-electron chi connectivity index (χ1n) is 9.87. The minimum atomic E-state index is -0.945. The molecule has 0 radical (unpaired) electrons. The number of nitrogens with zero attached hydrogens (tertiary/aromatic N) is 2. The molecule has 0 amide bonds. The Morgan fingerprint density at radius 1 is 1.10 bits per heavy atom. The smallest absolute Gasteiger partial charge is 0.331 e. The number of rotatable bonds is 9. The van der Waals surface area contributed by atoms with Crippen molar-refractivity contribution in [1.29, 1.82) is 0 Å². The standard InChI is InChI=1S/C24H26N2O3/c1-2-3-13-23-25-16-21(26(23)17-19-11-7-8-12-22(19)27)15-20(24(28)29)14-18-9-5-4-6-10-18/h4-12,15-16,27H,2-3,13-14,17H2,1H3,(H,28,29). The van der Waals surface area contributed by atoms with Gasteiger partial charge in [-0.15, -0.1) is 0 Å². The molecule has 5 nitrogen and oxygen atoms in total. The predicted molar refractivity (Wildman–Crippen MR) is 114 cm³/mol. The number of phenols is 1. The van der Waals surface area contributed by atoms with Crippen molar-refractivity contribution in [3.8, 4) is 5.75 Å². The second-order valence-electron chi connectivity index (χ2n) is 7.05. The largest absolute Gasteiger partial charge is 0.508 e. The Labute approximate surface area is 171 Å². The van der Waals surface area contributed by atoms with Crippen LogP contribution in [0.5, 0.6) is 5.75 Å². The minimum absolute atomic E-state index is 0.223. The van der Waals surface area contributed by atoms with E-state index in [4.69, 9.17) is 0 Å². The minimum Gasteiger partial charge on any atom is -0.508 e. The van der Waals surface area contributed by atoms with Crippen LogP contribution in [-0.2, 0) is 24.2 Å². The lowest BCUT2D eigenvalue weighted by Gasteiger charge is -2.12. The topological polar surface area (TPSA) is 75.3 Å². The second kappa shape index (κ2) is 9.73. The average molecular weight is 390 g/mol. The van der Waals surface area contributed by atoms with E-state index in [9.17, 15) is 15.0 Å². The molecule has 0 saturated carbocycles. The molecule has 0 bridgehead atoms. The molecule has 0 fully saturated rings. The van der Waals surface area contributed by atoms with Crippen molar-refractivity contribution in [2.75, 3.05) is 0 Å². The number of hydrogen-bond donors (Lipinski definition) is 2. The number of unbranched alkanes of at least 4 members (excludes halogenated alkanes) is 1. The normalized spacial score (nSPS) is 11.6. The fourth-order valence-corrected chi connectivity index (χ4v) is 3.26. The molecule has 29 heavy (non-hydrogen) atoms. The van der Waals surface area contributed by atoms with Crippen molar-refractivity contribution >= 4 is 12.0 Å². The number of aromatic hydroxyl groups is 1. The van der Waals surface area contributed by atoms with E-state index in [2.05, 4.69) is 11.9 Å². The number of imidazole rings is 1. The summed E-state index contributed by atoms with van der Waals surface area (Å²) < 4.78 is 2.00. The summed E-state index contributed by atoms with van der Waals surface area (Å²) in [5, 5.41) is 19.9. The molecule has 0 spiro atoms. The van der Waals surface area contributed by atoms with Gasteiger partial charge in [0.2, 0.25) is 0 Å². The number of carbonyl (C=O) groups is 1. The van der Waals surface area contributed by atoms with E-state index < -0.39 is 5.97 Å². The molecule has 1 aromatic heterocycles. The lowest BCUT2D eigenvalue weighted by Crippen LogP contribution is -2.09. The van der Waals surface area contributed by atoms with Crippen LogP contribution >= 0.6 is 0 Å². The van der Waals surface area contributed by atoms with Gasteiger partial charge in [0.05, 0.1) is 18.4 Å². The summed E-state index contributed by atoms with van der Waals surface area (Å²) in [6.07, 6.45) is 6.59. The zero-order valence-corrected chi connectivity index (χ0v) is 16.6. The number of aromatic nitrogens is 2. The molecule has 0 unspecified atom stereocenters. The van der Waals surface area contributed by atoms with Crippen LogP contribution < -0.4 is 0 Å². The van der Waals surface area contributed by atoms with Crippen molar-refractivity contribution in [3.63, 3.8) is 0 Å². The van der Waals surface area contributed by atoms with Crippen LogP contribution in [0.25, 0.3) is 6.08 Å². The van der Waals surface area contributed by atoms with Crippen molar-refractivity contribution in [3.05, 3.63) is 89.0 Å². The highest BCUT2D eigenvalue weighted by atomic mass is 16.4. The van der Waals surface area contributed by atoms with Gasteiger partial charge < -0.3 is 14.8 Å². The van der Waals surface area contributed by atoms with Gasteiger partial charge in [0, 0.05) is 24.0 Å². The van der Waals surface area contributed by atoms with Gasteiger partial charge >= 0.3 is 5.97 Å². The monoisotopic (exact) mass is 390 g/mol. The van der Waals surface area contributed by atoms with Gasteiger partial charge in [-0.3, -0.25) is 0 Å². The summed E-state index contributed by atoms with van der Waals surface area (Å²) in [4.78, 5) is 16.4. The summed E-state index contributed by atoms with van der Waals surface area (Å²) in [5.74, 6) is 0.172. The molecule has 0 aliphatic carbocycles.